The number of anilines is 2. The number of hydrogen-bond donors (Lipinski definition) is 2. The van der Waals surface area contributed by atoms with Gasteiger partial charge < -0.3 is 15.4 Å². The predicted molar refractivity (Wildman–Crippen MR) is 114 cm³/mol. The van der Waals surface area contributed by atoms with Gasteiger partial charge in [-0.2, -0.15) is 5.10 Å². The van der Waals surface area contributed by atoms with Crippen molar-refractivity contribution in [2.45, 2.75) is 52.9 Å². The molecule has 0 amide bonds. The van der Waals surface area contributed by atoms with Gasteiger partial charge in [0.15, 0.2) is 5.11 Å². The molecule has 2 aromatic heterocycles. The van der Waals surface area contributed by atoms with Crippen molar-refractivity contribution in [1.29, 1.82) is 0 Å². The zero-order valence-electron chi connectivity index (χ0n) is 16.3. The Morgan fingerprint density at radius 2 is 2.00 bits per heavy atom. The number of ether oxygens (including phenoxy) is 1. The van der Waals surface area contributed by atoms with Gasteiger partial charge in [0.05, 0.1) is 29.2 Å². The molecule has 0 spiro atoms. The van der Waals surface area contributed by atoms with Crippen LogP contribution in [0.5, 0.6) is 0 Å². The maximum absolute atomic E-state index is 12.6. The summed E-state index contributed by atoms with van der Waals surface area (Å²) >= 11 is 7.14. The molecule has 0 saturated carbocycles. The number of nitrogens with zero attached hydrogens (tertiary/aromatic N) is 2. The van der Waals surface area contributed by atoms with E-state index >= 15 is 0 Å². The Labute approximate surface area is 169 Å². The molecule has 146 valence electrons. The minimum Gasteiger partial charge on any atom is -0.462 e. The third-order valence-electron chi connectivity index (χ3n) is 4.88. The number of fused-ring (bicyclic) bond motifs is 1. The minimum atomic E-state index is -0.268. The molecular weight excluding hydrogens is 380 g/mol. The van der Waals surface area contributed by atoms with E-state index in [2.05, 4.69) is 15.7 Å². The van der Waals surface area contributed by atoms with E-state index in [4.69, 9.17) is 17.0 Å². The Bertz CT molecular complexity index is 870. The highest BCUT2D eigenvalue weighted by Crippen LogP contribution is 2.38. The van der Waals surface area contributed by atoms with E-state index in [1.165, 1.54) is 11.3 Å². The van der Waals surface area contributed by atoms with Gasteiger partial charge in [0, 0.05) is 11.9 Å². The number of aromatic nitrogens is 2. The first-order valence-electron chi connectivity index (χ1n) is 9.32. The van der Waals surface area contributed by atoms with Gasteiger partial charge >= 0.3 is 5.97 Å². The fraction of sp³-hybridized carbons (Fsp3) is 0.526. The van der Waals surface area contributed by atoms with Gasteiger partial charge in [-0.1, -0.05) is 6.42 Å². The van der Waals surface area contributed by atoms with Crippen LogP contribution in [0.15, 0.2) is 0 Å². The van der Waals surface area contributed by atoms with E-state index in [1.54, 1.807) is 11.3 Å². The van der Waals surface area contributed by atoms with Crippen LogP contribution in [0, 0.1) is 13.8 Å². The van der Waals surface area contributed by atoms with Crippen molar-refractivity contribution in [1.82, 2.24) is 9.78 Å². The van der Waals surface area contributed by atoms with Crippen molar-refractivity contribution in [3.63, 3.8) is 0 Å². The van der Waals surface area contributed by atoms with Crippen molar-refractivity contribution in [3.8, 4) is 0 Å². The number of carbonyl (C=O) groups excluding carboxylic acids is 1. The molecule has 2 N–H and O–H groups in total. The quantitative estimate of drug-likeness (QED) is 0.447. The van der Waals surface area contributed by atoms with Crippen LogP contribution in [0.1, 0.15) is 58.4 Å². The minimum absolute atomic E-state index is 0.268. The van der Waals surface area contributed by atoms with Crippen molar-refractivity contribution in [2.75, 3.05) is 17.2 Å². The van der Waals surface area contributed by atoms with Crippen LogP contribution in [0.2, 0.25) is 0 Å². The number of nitrogens with one attached hydrogen (secondary N) is 2. The average molecular weight is 407 g/mol. The summed E-state index contributed by atoms with van der Waals surface area (Å²) in [5.41, 5.74) is 4.57. The molecule has 8 heteroatoms. The van der Waals surface area contributed by atoms with Crippen molar-refractivity contribution in [2.24, 2.45) is 7.05 Å². The highest BCUT2D eigenvalue weighted by Gasteiger charge is 2.26. The zero-order valence-corrected chi connectivity index (χ0v) is 17.9. The first-order valence-corrected chi connectivity index (χ1v) is 10.5. The third-order valence-corrected chi connectivity index (χ3v) is 6.29. The Morgan fingerprint density at radius 3 is 2.67 bits per heavy atom. The molecule has 2 aromatic rings. The Morgan fingerprint density at radius 1 is 1.26 bits per heavy atom. The number of esters is 1. The smallest absolute Gasteiger partial charge is 0.341 e. The average Bonchev–Trinajstić information content (AvgIpc) is 2.94. The largest absolute Gasteiger partial charge is 0.462 e. The van der Waals surface area contributed by atoms with Gasteiger partial charge in [0.25, 0.3) is 0 Å². The second kappa shape index (κ2) is 8.39. The number of rotatable bonds is 4. The molecule has 3 rings (SSSR count). The summed E-state index contributed by atoms with van der Waals surface area (Å²) < 4.78 is 7.14. The van der Waals surface area contributed by atoms with Crippen LogP contribution in [0.4, 0.5) is 10.7 Å². The molecule has 0 aromatic carbocycles. The SMILES string of the molecule is CCOC(=O)c1c(NC(=S)Nc2c(C)nn(C)c2C)sc2c1CCCCC2. The molecule has 27 heavy (non-hydrogen) atoms. The maximum Gasteiger partial charge on any atom is 0.341 e. The summed E-state index contributed by atoms with van der Waals surface area (Å²) in [6.07, 6.45) is 5.39. The van der Waals surface area contributed by atoms with E-state index in [1.807, 2.05) is 32.5 Å². The molecule has 0 aliphatic heterocycles. The van der Waals surface area contributed by atoms with Gasteiger partial charge in [-0.25, -0.2) is 4.79 Å². The third kappa shape index (κ3) is 4.16. The fourth-order valence-electron chi connectivity index (χ4n) is 3.45. The van der Waals surface area contributed by atoms with Crippen molar-refractivity contribution >= 4 is 45.3 Å². The fourth-order valence-corrected chi connectivity index (χ4v) is 5.00. The zero-order chi connectivity index (χ0) is 19.6. The predicted octanol–water partition coefficient (Wildman–Crippen LogP) is 4.35. The number of hydrogen-bond acceptors (Lipinski definition) is 5. The summed E-state index contributed by atoms with van der Waals surface area (Å²) in [6, 6.07) is 0. The Balaban J connectivity index is 1.87. The van der Waals surface area contributed by atoms with E-state index in [-0.39, 0.29) is 5.97 Å². The lowest BCUT2D eigenvalue weighted by atomic mass is 10.1. The molecule has 2 heterocycles. The molecule has 0 radical (unpaired) electrons. The molecule has 1 aliphatic carbocycles. The standard InChI is InChI=1S/C19H26N4O2S2/c1-5-25-18(24)15-13-9-7-6-8-10-14(13)27-17(15)21-19(26)20-16-11(2)22-23(4)12(16)3/h5-10H2,1-4H3,(H2,20,21,26). The molecule has 0 saturated heterocycles. The van der Waals surface area contributed by atoms with Gasteiger partial charge in [0.2, 0.25) is 0 Å². The van der Waals surface area contributed by atoms with Crippen LogP contribution < -0.4 is 10.6 Å². The highest BCUT2D eigenvalue weighted by molar-refractivity contribution is 7.80. The molecule has 0 bridgehead atoms. The van der Waals surface area contributed by atoms with Crippen LogP contribution in [-0.2, 0) is 24.6 Å². The lowest BCUT2D eigenvalue weighted by Gasteiger charge is -2.12. The topological polar surface area (TPSA) is 68.2 Å². The van der Waals surface area contributed by atoms with Crippen LogP contribution in [0.25, 0.3) is 0 Å². The number of aryl methyl sites for hydroxylation is 3. The monoisotopic (exact) mass is 406 g/mol. The summed E-state index contributed by atoms with van der Waals surface area (Å²) in [7, 11) is 1.90. The molecule has 0 fully saturated rings. The lowest BCUT2D eigenvalue weighted by Crippen LogP contribution is -2.21. The van der Waals surface area contributed by atoms with Gasteiger partial charge in [-0.15, -0.1) is 11.3 Å². The highest BCUT2D eigenvalue weighted by atomic mass is 32.1. The Kier molecular flexibility index (Phi) is 6.16. The molecular formula is C19H26N4O2S2. The van der Waals surface area contributed by atoms with Crippen molar-refractivity contribution in [3.05, 3.63) is 27.4 Å². The van der Waals surface area contributed by atoms with Crippen LogP contribution in [0.3, 0.4) is 0 Å². The Hall–Kier alpha value is -1.93. The van der Waals surface area contributed by atoms with E-state index in [9.17, 15) is 4.79 Å². The second-order valence-corrected chi connectivity index (χ2v) is 8.25. The normalized spacial score (nSPS) is 13.6. The molecule has 0 unspecified atom stereocenters. The molecule has 6 nitrogen and oxygen atoms in total. The van der Waals surface area contributed by atoms with Crippen molar-refractivity contribution < 1.29 is 9.53 Å². The summed E-state index contributed by atoms with van der Waals surface area (Å²) in [4.78, 5) is 13.9. The van der Waals surface area contributed by atoms with Crippen LogP contribution >= 0.6 is 23.6 Å². The first-order chi connectivity index (χ1) is 12.9. The number of carbonyl (C=O) groups is 1. The van der Waals surface area contributed by atoms with Gasteiger partial charge in [0.1, 0.15) is 5.00 Å². The van der Waals surface area contributed by atoms with E-state index in [0.29, 0.717) is 17.3 Å². The summed E-state index contributed by atoms with van der Waals surface area (Å²) in [5, 5.41) is 12.1. The maximum atomic E-state index is 12.6. The van der Waals surface area contributed by atoms with E-state index < -0.39 is 0 Å². The summed E-state index contributed by atoms with van der Waals surface area (Å²) in [6.45, 7) is 6.12. The van der Waals surface area contributed by atoms with Gasteiger partial charge in [-0.3, -0.25) is 4.68 Å². The molecule has 0 atom stereocenters. The number of thiocarbonyl (C=S) groups is 1. The molecule has 1 aliphatic rings. The van der Waals surface area contributed by atoms with Gasteiger partial charge in [-0.05, 0) is 64.2 Å². The van der Waals surface area contributed by atoms with Crippen LogP contribution in [-0.4, -0.2) is 27.5 Å². The second-order valence-electron chi connectivity index (χ2n) is 6.74. The van der Waals surface area contributed by atoms with E-state index in [0.717, 1.165) is 53.3 Å². The summed E-state index contributed by atoms with van der Waals surface area (Å²) in [5.74, 6) is -0.268. The first kappa shape index (κ1) is 19.8. The number of thiophene rings is 1. The lowest BCUT2D eigenvalue weighted by molar-refractivity contribution is 0.0527.